The van der Waals surface area contributed by atoms with Crippen molar-refractivity contribution in [2.75, 3.05) is 27.2 Å². The summed E-state index contributed by atoms with van der Waals surface area (Å²) in [6, 6.07) is 0. The van der Waals surface area contributed by atoms with Gasteiger partial charge < -0.3 is 4.74 Å². The summed E-state index contributed by atoms with van der Waals surface area (Å²) in [5.41, 5.74) is 0. The second kappa shape index (κ2) is 4.99. The lowest BCUT2D eigenvalue weighted by molar-refractivity contribution is -0.141. The van der Waals surface area contributed by atoms with Gasteiger partial charge in [-0.15, -0.1) is 6.58 Å². The largest absolute Gasteiger partial charge is 0.468 e. The minimum Gasteiger partial charge on any atom is -0.468 e. The van der Waals surface area contributed by atoms with Gasteiger partial charge in [0.25, 0.3) is 0 Å². The summed E-state index contributed by atoms with van der Waals surface area (Å²) in [7, 11) is 3.21. The number of hydrogen-bond acceptors (Lipinski definition) is 3. The molecular weight excluding hydrogens is 130 g/mol. The Labute approximate surface area is 61.3 Å². The Morgan fingerprint density at radius 2 is 2.40 bits per heavy atom. The average Bonchev–Trinajstić information content (AvgIpc) is 1.88. The minimum atomic E-state index is -0.218. The van der Waals surface area contributed by atoms with Crippen LogP contribution in [-0.4, -0.2) is 38.1 Å². The van der Waals surface area contributed by atoms with E-state index in [2.05, 4.69) is 11.3 Å². The molecule has 0 saturated heterocycles. The Morgan fingerprint density at radius 3 is 2.80 bits per heavy atom. The first-order valence-electron chi connectivity index (χ1n) is 3.07. The number of carbonyl (C=O) groups excluding carboxylic acids is 1. The highest BCUT2D eigenvalue weighted by molar-refractivity contribution is 5.71. The standard InChI is InChI=1S/C7H13NO2/c1-4-5-8(2)6-7(9)10-3/h4H,1,5-6H2,2-3H3. The van der Waals surface area contributed by atoms with E-state index < -0.39 is 0 Å². The predicted octanol–water partition coefficient (Wildman–Crippen LogP) is 0.277. The van der Waals surface area contributed by atoms with Gasteiger partial charge in [-0.3, -0.25) is 9.69 Å². The van der Waals surface area contributed by atoms with Crippen molar-refractivity contribution < 1.29 is 9.53 Å². The molecule has 0 aliphatic carbocycles. The number of ether oxygens (including phenoxy) is 1. The van der Waals surface area contributed by atoms with E-state index in [-0.39, 0.29) is 5.97 Å². The van der Waals surface area contributed by atoms with E-state index in [1.807, 2.05) is 11.9 Å². The van der Waals surface area contributed by atoms with Crippen LogP contribution < -0.4 is 0 Å². The van der Waals surface area contributed by atoms with Crippen LogP contribution in [0.4, 0.5) is 0 Å². The molecule has 0 atom stereocenters. The van der Waals surface area contributed by atoms with E-state index in [1.54, 1.807) is 6.08 Å². The quantitative estimate of drug-likeness (QED) is 0.418. The third kappa shape index (κ3) is 4.09. The summed E-state index contributed by atoms with van der Waals surface area (Å²) in [5.74, 6) is -0.218. The van der Waals surface area contributed by atoms with Gasteiger partial charge in [0.2, 0.25) is 0 Å². The fourth-order valence-electron chi connectivity index (χ4n) is 0.570. The third-order valence-corrected chi connectivity index (χ3v) is 1.07. The van der Waals surface area contributed by atoms with E-state index in [0.29, 0.717) is 13.1 Å². The van der Waals surface area contributed by atoms with Crippen LogP contribution in [0.3, 0.4) is 0 Å². The smallest absolute Gasteiger partial charge is 0.319 e. The zero-order valence-electron chi connectivity index (χ0n) is 6.46. The molecule has 0 aliphatic heterocycles. The lowest BCUT2D eigenvalue weighted by atomic mass is 10.5. The summed E-state index contributed by atoms with van der Waals surface area (Å²) in [6.45, 7) is 4.57. The van der Waals surface area contributed by atoms with Crippen LogP contribution in [0, 0.1) is 0 Å². The Hall–Kier alpha value is -0.830. The molecule has 0 aliphatic rings. The summed E-state index contributed by atoms with van der Waals surface area (Å²) < 4.78 is 4.45. The maximum absolute atomic E-state index is 10.6. The molecule has 10 heavy (non-hydrogen) atoms. The lowest BCUT2D eigenvalue weighted by Gasteiger charge is -2.10. The van der Waals surface area contributed by atoms with E-state index >= 15 is 0 Å². The molecule has 0 heterocycles. The van der Waals surface area contributed by atoms with Gasteiger partial charge in [0.1, 0.15) is 0 Å². The van der Waals surface area contributed by atoms with Crippen molar-refractivity contribution in [3.8, 4) is 0 Å². The van der Waals surface area contributed by atoms with Crippen molar-refractivity contribution in [3.05, 3.63) is 12.7 Å². The first kappa shape index (κ1) is 9.17. The molecule has 0 unspecified atom stereocenters. The van der Waals surface area contributed by atoms with Crippen LogP contribution >= 0.6 is 0 Å². The van der Waals surface area contributed by atoms with Crippen molar-refractivity contribution in [2.45, 2.75) is 0 Å². The highest BCUT2D eigenvalue weighted by atomic mass is 16.5. The minimum absolute atomic E-state index is 0.218. The Balaban J connectivity index is 3.46. The van der Waals surface area contributed by atoms with Crippen LogP contribution in [0.1, 0.15) is 0 Å². The molecule has 0 bridgehead atoms. The van der Waals surface area contributed by atoms with Gasteiger partial charge in [0.05, 0.1) is 13.7 Å². The second-order valence-corrected chi connectivity index (χ2v) is 2.06. The molecule has 0 aromatic carbocycles. The zero-order chi connectivity index (χ0) is 7.98. The molecule has 0 amide bonds. The van der Waals surface area contributed by atoms with Crippen LogP contribution in [0.5, 0.6) is 0 Å². The molecule has 58 valence electrons. The number of methoxy groups -OCH3 is 1. The maximum atomic E-state index is 10.6. The van der Waals surface area contributed by atoms with E-state index in [4.69, 9.17) is 0 Å². The van der Waals surface area contributed by atoms with Gasteiger partial charge in [0, 0.05) is 6.54 Å². The normalized spacial score (nSPS) is 9.50. The van der Waals surface area contributed by atoms with Crippen molar-refractivity contribution in [1.29, 1.82) is 0 Å². The summed E-state index contributed by atoms with van der Waals surface area (Å²) in [5, 5.41) is 0. The number of esters is 1. The van der Waals surface area contributed by atoms with Crippen LogP contribution in [0.15, 0.2) is 12.7 Å². The number of rotatable bonds is 4. The molecule has 0 aromatic rings. The topological polar surface area (TPSA) is 29.5 Å². The third-order valence-electron chi connectivity index (χ3n) is 1.07. The second-order valence-electron chi connectivity index (χ2n) is 2.06. The predicted molar refractivity (Wildman–Crippen MR) is 39.7 cm³/mol. The first-order chi connectivity index (χ1) is 4.70. The molecule has 0 fully saturated rings. The van der Waals surface area contributed by atoms with Gasteiger partial charge >= 0.3 is 5.97 Å². The first-order valence-corrected chi connectivity index (χ1v) is 3.07. The fourth-order valence-corrected chi connectivity index (χ4v) is 0.570. The summed E-state index contributed by atoms with van der Waals surface area (Å²) >= 11 is 0. The lowest BCUT2D eigenvalue weighted by Crippen LogP contribution is -2.26. The molecule has 0 N–H and O–H groups in total. The van der Waals surface area contributed by atoms with Gasteiger partial charge in [-0.05, 0) is 7.05 Å². The molecule has 0 spiro atoms. The highest BCUT2D eigenvalue weighted by Crippen LogP contribution is 1.83. The summed E-state index contributed by atoms with van der Waals surface area (Å²) in [6.07, 6.45) is 1.74. The Morgan fingerprint density at radius 1 is 1.80 bits per heavy atom. The molecule has 3 nitrogen and oxygen atoms in total. The monoisotopic (exact) mass is 143 g/mol. The van der Waals surface area contributed by atoms with Gasteiger partial charge in [-0.1, -0.05) is 6.08 Å². The zero-order valence-corrected chi connectivity index (χ0v) is 6.46. The molecule has 3 heteroatoms. The number of carbonyl (C=O) groups is 1. The number of likely N-dealkylation sites (N-methyl/N-ethyl adjacent to an activating group) is 1. The van der Waals surface area contributed by atoms with Crippen molar-refractivity contribution >= 4 is 5.97 Å². The van der Waals surface area contributed by atoms with Crippen molar-refractivity contribution in [1.82, 2.24) is 4.90 Å². The van der Waals surface area contributed by atoms with E-state index in [0.717, 1.165) is 0 Å². The van der Waals surface area contributed by atoms with Crippen molar-refractivity contribution in [2.24, 2.45) is 0 Å². The SMILES string of the molecule is C=CCN(C)CC(=O)OC. The van der Waals surface area contributed by atoms with E-state index in [9.17, 15) is 4.79 Å². The number of hydrogen-bond donors (Lipinski definition) is 0. The number of nitrogens with zero attached hydrogens (tertiary/aromatic N) is 1. The molecule has 0 radical (unpaired) electrons. The average molecular weight is 143 g/mol. The van der Waals surface area contributed by atoms with Crippen molar-refractivity contribution in [3.63, 3.8) is 0 Å². The van der Waals surface area contributed by atoms with Crippen LogP contribution in [-0.2, 0) is 9.53 Å². The molecule has 0 saturated carbocycles. The Kier molecular flexibility index (Phi) is 4.58. The molecular formula is C7H13NO2. The van der Waals surface area contributed by atoms with Gasteiger partial charge in [0.15, 0.2) is 0 Å². The maximum Gasteiger partial charge on any atom is 0.319 e. The van der Waals surface area contributed by atoms with Gasteiger partial charge in [-0.2, -0.15) is 0 Å². The summed E-state index contributed by atoms with van der Waals surface area (Å²) in [4.78, 5) is 12.4. The molecule has 0 rings (SSSR count). The van der Waals surface area contributed by atoms with Crippen LogP contribution in [0.2, 0.25) is 0 Å². The van der Waals surface area contributed by atoms with E-state index in [1.165, 1.54) is 7.11 Å². The van der Waals surface area contributed by atoms with Crippen LogP contribution in [0.25, 0.3) is 0 Å². The van der Waals surface area contributed by atoms with Gasteiger partial charge in [-0.25, -0.2) is 0 Å². The fraction of sp³-hybridized carbons (Fsp3) is 0.571. The Bertz CT molecular complexity index is 123. The molecule has 0 aromatic heterocycles. The highest BCUT2D eigenvalue weighted by Gasteiger charge is 2.02.